The van der Waals surface area contributed by atoms with Crippen molar-refractivity contribution in [3.63, 3.8) is 0 Å². The van der Waals surface area contributed by atoms with E-state index in [0.717, 1.165) is 12.8 Å². The molecule has 4 atom stereocenters. The molecule has 0 aromatic heterocycles. The minimum absolute atomic E-state index is 0.0278. The van der Waals surface area contributed by atoms with Crippen LogP contribution in [0.2, 0.25) is 0 Å². The van der Waals surface area contributed by atoms with Crippen LogP contribution < -0.4 is 0 Å². The Kier molecular flexibility index (Phi) is 1.64. The first-order chi connectivity index (χ1) is 6.09. The summed E-state index contributed by atoms with van der Waals surface area (Å²) in [7, 11) is 0. The van der Waals surface area contributed by atoms with Crippen molar-refractivity contribution >= 4 is 0 Å². The second-order valence-corrected chi connectivity index (χ2v) is 6.36. The summed E-state index contributed by atoms with van der Waals surface area (Å²) in [5, 5.41) is 21.0. The van der Waals surface area contributed by atoms with Gasteiger partial charge in [-0.2, -0.15) is 0 Å². The molecule has 2 rings (SSSR count). The SMILES string of the molecule is CC1(C)[C@@H]2CC[C@]1(C)[C@@](C)(O)[C@@]2(C)O. The number of rotatable bonds is 0. The lowest BCUT2D eigenvalue weighted by molar-refractivity contribution is -0.186. The van der Waals surface area contributed by atoms with E-state index in [2.05, 4.69) is 20.8 Å². The predicted molar refractivity (Wildman–Crippen MR) is 55.9 cm³/mol. The third-order valence-corrected chi connectivity index (χ3v) is 5.96. The maximum absolute atomic E-state index is 10.6. The van der Waals surface area contributed by atoms with Gasteiger partial charge in [-0.15, -0.1) is 0 Å². The number of hydrogen-bond donors (Lipinski definition) is 2. The van der Waals surface area contributed by atoms with Gasteiger partial charge in [-0.1, -0.05) is 20.8 Å². The second-order valence-electron chi connectivity index (χ2n) is 6.36. The molecule has 0 saturated heterocycles. The zero-order valence-electron chi connectivity index (χ0n) is 9.89. The fraction of sp³-hybridized carbons (Fsp3) is 1.00. The molecule has 0 aromatic rings. The number of aliphatic hydroxyl groups is 2. The Morgan fingerprint density at radius 2 is 1.50 bits per heavy atom. The number of fused-ring (bicyclic) bond motifs is 2. The topological polar surface area (TPSA) is 40.5 Å². The van der Waals surface area contributed by atoms with Crippen molar-refractivity contribution < 1.29 is 10.2 Å². The van der Waals surface area contributed by atoms with Crippen molar-refractivity contribution in [1.29, 1.82) is 0 Å². The Labute approximate surface area is 86.3 Å². The molecule has 0 heterocycles. The van der Waals surface area contributed by atoms with Gasteiger partial charge in [0.2, 0.25) is 0 Å². The van der Waals surface area contributed by atoms with Crippen LogP contribution in [0.5, 0.6) is 0 Å². The van der Waals surface area contributed by atoms with Gasteiger partial charge in [0.1, 0.15) is 0 Å². The lowest BCUT2D eigenvalue weighted by atomic mass is 9.63. The van der Waals surface area contributed by atoms with Crippen LogP contribution in [0.15, 0.2) is 0 Å². The minimum atomic E-state index is -0.966. The standard InChI is InChI=1S/C12H22O2/c1-9(2)8-6-7-10(9,3)12(5,14)11(8,4)13/h8,13-14H,6-7H2,1-5H3/t8-,10-,11-,12+/m0/s1. The quantitative estimate of drug-likeness (QED) is 0.624. The molecule has 0 amide bonds. The van der Waals surface area contributed by atoms with Crippen LogP contribution in [-0.4, -0.2) is 21.4 Å². The maximum Gasteiger partial charge on any atom is 0.0963 e. The first-order valence-corrected chi connectivity index (χ1v) is 5.54. The van der Waals surface area contributed by atoms with Gasteiger partial charge < -0.3 is 10.2 Å². The van der Waals surface area contributed by atoms with Crippen molar-refractivity contribution in [2.75, 3.05) is 0 Å². The summed E-state index contributed by atoms with van der Waals surface area (Å²) in [5.41, 5.74) is -2.04. The van der Waals surface area contributed by atoms with Crippen LogP contribution in [0, 0.1) is 16.7 Å². The zero-order valence-corrected chi connectivity index (χ0v) is 9.89. The van der Waals surface area contributed by atoms with Crippen molar-refractivity contribution in [3.05, 3.63) is 0 Å². The fourth-order valence-electron chi connectivity index (χ4n) is 4.25. The summed E-state index contributed by atoms with van der Waals surface area (Å²) >= 11 is 0. The van der Waals surface area contributed by atoms with E-state index in [1.54, 1.807) is 13.8 Å². The lowest BCUT2D eigenvalue weighted by Crippen LogP contribution is -2.58. The lowest BCUT2D eigenvalue weighted by Gasteiger charge is -2.47. The molecule has 2 fully saturated rings. The molecule has 2 bridgehead atoms. The molecular weight excluding hydrogens is 176 g/mol. The molecule has 2 aliphatic rings. The summed E-state index contributed by atoms with van der Waals surface area (Å²) < 4.78 is 0. The highest BCUT2D eigenvalue weighted by atomic mass is 16.4. The predicted octanol–water partition coefficient (Wildman–Crippen LogP) is 1.94. The molecule has 0 radical (unpaired) electrons. The van der Waals surface area contributed by atoms with Gasteiger partial charge in [0.15, 0.2) is 0 Å². The van der Waals surface area contributed by atoms with Gasteiger partial charge in [0, 0.05) is 5.41 Å². The van der Waals surface area contributed by atoms with E-state index in [1.807, 2.05) is 0 Å². The van der Waals surface area contributed by atoms with E-state index < -0.39 is 11.2 Å². The van der Waals surface area contributed by atoms with E-state index >= 15 is 0 Å². The van der Waals surface area contributed by atoms with Crippen LogP contribution in [0.1, 0.15) is 47.5 Å². The minimum Gasteiger partial charge on any atom is -0.387 e. The van der Waals surface area contributed by atoms with Gasteiger partial charge in [0.05, 0.1) is 11.2 Å². The molecular formula is C12H22O2. The third kappa shape index (κ3) is 0.704. The zero-order chi connectivity index (χ0) is 11.0. The summed E-state index contributed by atoms with van der Waals surface area (Å²) in [6.07, 6.45) is 2.06. The average Bonchev–Trinajstić information content (AvgIpc) is 2.26. The van der Waals surface area contributed by atoms with Crippen LogP contribution >= 0.6 is 0 Å². The van der Waals surface area contributed by atoms with E-state index in [1.165, 1.54) is 0 Å². The molecule has 2 aliphatic carbocycles. The maximum atomic E-state index is 10.6. The molecule has 2 saturated carbocycles. The average molecular weight is 198 g/mol. The van der Waals surface area contributed by atoms with E-state index in [0.29, 0.717) is 0 Å². The fourth-order valence-corrected chi connectivity index (χ4v) is 4.25. The number of hydrogen-bond acceptors (Lipinski definition) is 2. The van der Waals surface area contributed by atoms with E-state index in [4.69, 9.17) is 0 Å². The van der Waals surface area contributed by atoms with Crippen molar-refractivity contribution in [2.45, 2.75) is 58.7 Å². The molecule has 2 nitrogen and oxygen atoms in total. The first-order valence-electron chi connectivity index (χ1n) is 5.54. The van der Waals surface area contributed by atoms with E-state index in [9.17, 15) is 10.2 Å². The molecule has 0 aromatic carbocycles. The molecule has 2 N–H and O–H groups in total. The van der Waals surface area contributed by atoms with Crippen LogP contribution in [0.25, 0.3) is 0 Å². The Balaban J connectivity index is 2.62. The van der Waals surface area contributed by atoms with Gasteiger partial charge in [0.25, 0.3) is 0 Å². The smallest absolute Gasteiger partial charge is 0.0963 e. The van der Waals surface area contributed by atoms with Crippen molar-refractivity contribution in [3.8, 4) is 0 Å². The van der Waals surface area contributed by atoms with Crippen LogP contribution in [-0.2, 0) is 0 Å². The Morgan fingerprint density at radius 1 is 1.00 bits per heavy atom. The van der Waals surface area contributed by atoms with Gasteiger partial charge >= 0.3 is 0 Å². The highest BCUT2D eigenvalue weighted by Gasteiger charge is 2.76. The first kappa shape index (κ1) is 10.4. The highest BCUT2D eigenvalue weighted by molar-refractivity contribution is 5.25. The summed E-state index contributed by atoms with van der Waals surface area (Å²) in [4.78, 5) is 0. The van der Waals surface area contributed by atoms with Crippen molar-refractivity contribution in [2.24, 2.45) is 16.7 Å². The Hall–Kier alpha value is -0.0800. The molecule has 0 aliphatic heterocycles. The van der Waals surface area contributed by atoms with Crippen molar-refractivity contribution in [1.82, 2.24) is 0 Å². The molecule has 0 unspecified atom stereocenters. The van der Waals surface area contributed by atoms with Gasteiger partial charge in [-0.05, 0) is 38.0 Å². The Morgan fingerprint density at radius 3 is 1.71 bits per heavy atom. The van der Waals surface area contributed by atoms with Crippen LogP contribution in [0.4, 0.5) is 0 Å². The molecule has 14 heavy (non-hydrogen) atoms. The second kappa shape index (κ2) is 2.19. The van der Waals surface area contributed by atoms with Crippen LogP contribution in [0.3, 0.4) is 0 Å². The molecule has 82 valence electrons. The molecule has 2 heteroatoms. The monoisotopic (exact) mass is 198 g/mol. The Bertz CT molecular complexity index is 270. The molecule has 0 spiro atoms. The normalized spacial score (nSPS) is 60.6. The summed E-state index contributed by atoms with van der Waals surface area (Å²) in [6, 6.07) is 0. The summed E-state index contributed by atoms with van der Waals surface area (Å²) in [6.45, 7) is 10.1. The summed E-state index contributed by atoms with van der Waals surface area (Å²) in [5.74, 6) is 0.218. The highest BCUT2D eigenvalue weighted by Crippen LogP contribution is 2.72. The van der Waals surface area contributed by atoms with Gasteiger partial charge in [-0.3, -0.25) is 0 Å². The van der Waals surface area contributed by atoms with Gasteiger partial charge in [-0.25, -0.2) is 0 Å². The third-order valence-electron chi connectivity index (χ3n) is 5.96. The van der Waals surface area contributed by atoms with E-state index in [-0.39, 0.29) is 16.7 Å². The largest absolute Gasteiger partial charge is 0.387 e.